The molecule has 12 heavy (non-hydrogen) atoms. The van der Waals surface area contributed by atoms with Crippen molar-refractivity contribution >= 4 is 5.78 Å². The normalized spacial score (nSPS) is 9.75. The molecule has 0 aliphatic heterocycles. The van der Waals surface area contributed by atoms with Crippen LogP contribution in [0.2, 0.25) is 0 Å². The van der Waals surface area contributed by atoms with Crippen molar-refractivity contribution in [3.05, 3.63) is 28.9 Å². The molecule has 0 radical (unpaired) electrons. The van der Waals surface area contributed by atoms with Gasteiger partial charge in [-0.25, -0.2) is 0 Å². The molecule has 4 heteroatoms. The van der Waals surface area contributed by atoms with Crippen molar-refractivity contribution in [3.8, 4) is 0 Å². The molecule has 0 spiro atoms. The number of aromatic nitrogens is 2. The third-order valence-electron chi connectivity index (χ3n) is 1.54. The standard InChI is InChI=1S/C8H10N2O2/c1-2-7(11)6-10-4-3-9-5-8(10)12/h3-5H,2,6H2,1H3. The highest BCUT2D eigenvalue weighted by atomic mass is 16.1. The Bertz CT molecular complexity index is 330. The highest BCUT2D eigenvalue weighted by molar-refractivity contribution is 5.77. The van der Waals surface area contributed by atoms with Gasteiger partial charge < -0.3 is 4.57 Å². The number of carbonyl (C=O) groups is 1. The number of nitrogens with zero attached hydrogens (tertiary/aromatic N) is 2. The van der Waals surface area contributed by atoms with Gasteiger partial charge in [-0.15, -0.1) is 0 Å². The Kier molecular flexibility index (Phi) is 2.74. The molecule has 0 bridgehead atoms. The van der Waals surface area contributed by atoms with E-state index in [9.17, 15) is 9.59 Å². The number of carbonyl (C=O) groups excluding carboxylic acids is 1. The second kappa shape index (κ2) is 3.80. The number of ketones is 1. The van der Waals surface area contributed by atoms with Gasteiger partial charge in [0.25, 0.3) is 5.56 Å². The summed E-state index contributed by atoms with van der Waals surface area (Å²) < 4.78 is 1.35. The van der Waals surface area contributed by atoms with E-state index < -0.39 is 0 Å². The van der Waals surface area contributed by atoms with E-state index in [1.807, 2.05) is 0 Å². The number of rotatable bonds is 3. The number of Topliss-reactive ketones (excluding diaryl/α,β-unsaturated/α-hetero) is 1. The molecule has 0 N–H and O–H groups in total. The summed E-state index contributed by atoms with van der Waals surface area (Å²) in [6.45, 7) is 1.92. The Morgan fingerprint density at radius 2 is 2.42 bits per heavy atom. The van der Waals surface area contributed by atoms with Gasteiger partial charge in [0.1, 0.15) is 0 Å². The molecule has 1 rings (SSSR count). The van der Waals surface area contributed by atoms with Crippen LogP contribution in [-0.2, 0) is 11.3 Å². The Morgan fingerprint density at radius 3 is 3.00 bits per heavy atom. The SMILES string of the molecule is CCC(=O)Cn1ccncc1=O. The van der Waals surface area contributed by atoms with Crippen LogP contribution < -0.4 is 5.56 Å². The van der Waals surface area contributed by atoms with Crippen LogP contribution in [0, 0.1) is 0 Å². The summed E-state index contributed by atoms with van der Waals surface area (Å²) >= 11 is 0. The zero-order chi connectivity index (χ0) is 8.97. The molecule has 1 heterocycles. The van der Waals surface area contributed by atoms with Gasteiger partial charge in [0.15, 0.2) is 5.78 Å². The fourth-order valence-corrected chi connectivity index (χ4v) is 0.806. The summed E-state index contributed by atoms with van der Waals surface area (Å²) in [4.78, 5) is 25.6. The van der Waals surface area contributed by atoms with E-state index in [4.69, 9.17) is 0 Å². The molecular formula is C8H10N2O2. The summed E-state index contributed by atoms with van der Waals surface area (Å²) in [5.41, 5.74) is -0.237. The predicted molar refractivity (Wildman–Crippen MR) is 43.8 cm³/mol. The third-order valence-corrected chi connectivity index (χ3v) is 1.54. The lowest BCUT2D eigenvalue weighted by molar-refractivity contribution is -0.119. The molecule has 64 valence electrons. The van der Waals surface area contributed by atoms with E-state index in [-0.39, 0.29) is 17.9 Å². The Balaban J connectivity index is 2.83. The van der Waals surface area contributed by atoms with Crippen LogP contribution in [0.5, 0.6) is 0 Å². The molecule has 0 amide bonds. The molecule has 1 aromatic heterocycles. The van der Waals surface area contributed by atoms with E-state index in [0.717, 1.165) is 0 Å². The Labute approximate surface area is 69.9 Å². The van der Waals surface area contributed by atoms with Gasteiger partial charge in [-0.2, -0.15) is 0 Å². The molecule has 0 aliphatic rings. The van der Waals surface area contributed by atoms with Gasteiger partial charge >= 0.3 is 0 Å². The van der Waals surface area contributed by atoms with Crippen LogP contribution in [0.1, 0.15) is 13.3 Å². The number of hydrogen-bond acceptors (Lipinski definition) is 3. The third kappa shape index (κ3) is 2.02. The Morgan fingerprint density at radius 1 is 1.67 bits per heavy atom. The fraction of sp³-hybridized carbons (Fsp3) is 0.375. The molecule has 0 fully saturated rings. The van der Waals surface area contributed by atoms with Crippen molar-refractivity contribution in [1.82, 2.24) is 9.55 Å². The molecule has 0 atom stereocenters. The summed E-state index contributed by atoms with van der Waals surface area (Å²) in [5.74, 6) is 0.0447. The maximum atomic E-state index is 11.0. The predicted octanol–water partition coefficient (Wildman–Crippen LogP) is 0.222. The quantitative estimate of drug-likeness (QED) is 0.645. The maximum Gasteiger partial charge on any atom is 0.269 e. The molecule has 0 aromatic carbocycles. The van der Waals surface area contributed by atoms with E-state index >= 15 is 0 Å². The highest BCUT2D eigenvalue weighted by Gasteiger charge is 2.00. The molecule has 0 unspecified atom stereocenters. The first-order valence-corrected chi connectivity index (χ1v) is 3.76. The lowest BCUT2D eigenvalue weighted by atomic mass is 10.3. The topological polar surface area (TPSA) is 52.0 Å². The smallest absolute Gasteiger partial charge is 0.269 e. The Hall–Kier alpha value is -1.45. The zero-order valence-electron chi connectivity index (χ0n) is 6.86. The minimum Gasteiger partial charge on any atom is -0.305 e. The van der Waals surface area contributed by atoms with Crippen LogP contribution >= 0.6 is 0 Å². The summed E-state index contributed by atoms with van der Waals surface area (Å²) in [6, 6.07) is 0. The largest absolute Gasteiger partial charge is 0.305 e. The van der Waals surface area contributed by atoms with E-state index in [0.29, 0.717) is 6.42 Å². The van der Waals surface area contributed by atoms with Gasteiger partial charge in [0.05, 0.1) is 12.7 Å². The molecular weight excluding hydrogens is 156 g/mol. The van der Waals surface area contributed by atoms with Crippen LogP contribution in [0.4, 0.5) is 0 Å². The average molecular weight is 166 g/mol. The maximum absolute atomic E-state index is 11.0. The van der Waals surface area contributed by atoms with Gasteiger partial charge in [-0.1, -0.05) is 6.92 Å². The van der Waals surface area contributed by atoms with E-state index in [1.165, 1.54) is 23.2 Å². The zero-order valence-corrected chi connectivity index (χ0v) is 6.86. The summed E-state index contributed by atoms with van der Waals surface area (Å²) in [7, 11) is 0. The molecule has 0 saturated carbocycles. The first-order valence-electron chi connectivity index (χ1n) is 3.76. The van der Waals surface area contributed by atoms with Crippen LogP contribution in [0.3, 0.4) is 0 Å². The number of hydrogen-bond donors (Lipinski definition) is 0. The second-order valence-corrected chi connectivity index (χ2v) is 2.43. The minimum atomic E-state index is -0.237. The van der Waals surface area contributed by atoms with Crippen LogP contribution in [-0.4, -0.2) is 15.3 Å². The van der Waals surface area contributed by atoms with Crippen molar-refractivity contribution in [2.75, 3.05) is 0 Å². The lowest BCUT2D eigenvalue weighted by Gasteiger charge is -2.00. The van der Waals surface area contributed by atoms with Crippen LogP contribution in [0.25, 0.3) is 0 Å². The van der Waals surface area contributed by atoms with Gasteiger partial charge in [-0.3, -0.25) is 14.6 Å². The van der Waals surface area contributed by atoms with Crippen molar-refractivity contribution in [2.45, 2.75) is 19.9 Å². The van der Waals surface area contributed by atoms with Crippen LogP contribution in [0.15, 0.2) is 23.4 Å². The molecule has 0 saturated heterocycles. The van der Waals surface area contributed by atoms with Gasteiger partial charge in [-0.05, 0) is 0 Å². The fourth-order valence-electron chi connectivity index (χ4n) is 0.806. The van der Waals surface area contributed by atoms with Gasteiger partial charge in [0, 0.05) is 18.8 Å². The lowest BCUT2D eigenvalue weighted by Crippen LogP contribution is -2.22. The molecule has 4 nitrogen and oxygen atoms in total. The van der Waals surface area contributed by atoms with Crippen molar-refractivity contribution < 1.29 is 4.79 Å². The molecule has 1 aromatic rings. The molecule has 0 aliphatic carbocycles. The van der Waals surface area contributed by atoms with Gasteiger partial charge in [0.2, 0.25) is 0 Å². The summed E-state index contributed by atoms with van der Waals surface area (Å²) in [5, 5.41) is 0. The van der Waals surface area contributed by atoms with Crippen molar-refractivity contribution in [1.29, 1.82) is 0 Å². The van der Waals surface area contributed by atoms with Crippen molar-refractivity contribution in [3.63, 3.8) is 0 Å². The highest BCUT2D eigenvalue weighted by Crippen LogP contribution is 1.85. The monoisotopic (exact) mass is 166 g/mol. The van der Waals surface area contributed by atoms with E-state index in [1.54, 1.807) is 6.92 Å². The van der Waals surface area contributed by atoms with Crippen molar-refractivity contribution in [2.24, 2.45) is 0 Å². The van der Waals surface area contributed by atoms with E-state index in [2.05, 4.69) is 4.98 Å². The first-order chi connectivity index (χ1) is 5.74. The average Bonchev–Trinajstić information content (AvgIpc) is 2.09. The second-order valence-electron chi connectivity index (χ2n) is 2.43. The minimum absolute atomic E-state index is 0.0447. The first kappa shape index (κ1) is 8.64. The summed E-state index contributed by atoms with van der Waals surface area (Å²) in [6.07, 6.45) is 4.65.